The molecule has 0 amide bonds. The summed E-state index contributed by atoms with van der Waals surface area (Å²) in [4.78, 5) is 10.8. The Bertz CT molecular complexity index is 634. The van der Waals surface area contributed by atoms with Gasteiger partial charge < -0.3 is 9.29 Å². The van der Waals surface area contributed by atoms with Crippen LogP contribution in [0, 0.1) is 6.92 Å². The summed E-state index contributed by atoms with van der Waals surface area (Å²) < 4.78 is 63.0. The molecule has 0 saturated carbocycles. The van der Waals surface area contributed by atoms with Gasteiger partial charge in [0.15, 0.2) is 0 Å². The lowest BCUT2D eigenvalue weighted by molar-refractivity contribution is -0.0500. The first-order valence-corrected chi connectivity index (χ1v) is 6.78. The van der Waals surface area contributed by atoms with Gasteiger partial charge in [-0.3, -0.25) is 0 Å². The second-order valence-corrected chi connectivity index (χ2v) is 5.46. The standard InChI is InChI=1S/C11H11F3O5S/c1-3-7-5-8(10(15)16)4-6(2)9(7)19-20(17,18)11(12,13)14/h4-5H,3H2,1-2H3,(H,15,16). The van der Waals surface area contributed by atoms with Crippen LogP contribution in [0.5, 0.6) is 5.75 Å². The Kier molecular flexibility index (Phi) is 4.33. The number of carbonyl (C=O) groups is 1. The fourth-order valence-corrected chi connectivity index (χ4v) is 2.06. The third-order valence-corrected chi connectivity index (χ3v) is 3.41. The Balaban J connectivity index is 3.37. The number of hydrogen-bond donors (Lipinski definition) is 1. The minimum atomic E-state index is -5.79. The molecule has 0 saturated heterocycles. The molecule has 0 fully saturated rings. The molecule has 0 heterocycles. The van der Waals surface area contributed by atoms with Crippen molar-refractivity contribution < 1.29 is 35.7 Å². The molecule has 1 aromatic rings. The molecule has 0 aromatic heterocycles. The summed E-state index contributed by atoms with van der Waals surface area (Å²) in [6.07, 6.45) is 0.116. The molecule has 1 rings (SSSR count). The van der Waals surface area contributed by atoms with E-state index in [9.17, 15) is 26.4 Å². The lowest BCUT2D eigenvalue weighted by atomic mass is 10.0. The molecule has 1 N–H and O–H groups in total. The van der Waals surface area contributed by atoms with Crippen LogP contribution in [0.4, 0.5) is 13.2 Å². The maximum absolute atomic E-state index is 12.3. The van der Waals surface area contributed by atoms with Gasteiger partial charge in [0.1, 0.15) is 5.75 Å². The van der Waals surface area contributed by atoms with Crippen LogP contribution in [0.1, 0.15) is 28.4 Å². The van der Waals surface area contributed by atoms with Crippen molar-refractivity contribution in [2.45, 2.75) is 25.8 Å². The molecular formula is C11H11F3O5S. The maximum Gasteiger partial charge on any atom is 0.534 e. The highest BCUT2D eigenvalue weighted by atomic mass is 32.2. The molecule has 0 unspecified atom stereocenters. The number of carboxylic acid groups (broad SMARTS) is 1. The molecule has 1 aromatic carbocycles. The number of hydrogen-bond acceptors (Lipinski definition) is 4. The summed E-state index contributed by atoms with van der Waals surface area (Å²) in [5.74, 6) is -1.76. The fraction of sp³-hybridized carbons (Fsp3) is 0.364. The van der Waals surface area contributed by atoms with E-state index in [2.05, 4.69) is 4.18 Å². The van der Waals surface area contributed by atoms with Crippen LogP contribution >= 0.6 is 0 Å². The van der Waals surface area contributed by atoms with Crippen molar-refractivity contribution in [1.29, 1.82) is 0 Å². The van der Waals surface area contributed by atoms with Crippen molar-refractivity contribution in [2.75, 3.05) is 0 Å². The van der Waals surface area contributed by atoms with E-state index in [1.54, 1.807) is 0 Å². The average molecular weight is 312 g/mol. The fourth-order valence-electron chi connectivity index (χ4n) is 1.51. The number of carboxylic acids is 1. The molecule has 5 nitrogen and oxygen atoms in total. The van der Waals surface area contributed by atoms with E-state index in [0.29, 0.717) is 0 Å². The van der Waals surface area contributed by atoms with E-state index >= 15 is 0 Å². The summed E-state index contributed by atoms with van der Waals surface area (Å²) in [5.41, 5.74) is -5.64. The van der Waals surface area contributed by atoms with Gasteiger partial charge in [-0.2, -0.15) is 21.6 Å². The lowest BCUT2D eigenvalue weighted by Crippen LogP contribution is -2.28. The summed E-state index contributed by atoms with van der Waals surface area (Å²) in [7, 11) is -5.79. The smallest absolute Gasteiger partial charge is 0.478 e. The van der Waals surface area contributed by atoms with Crippen molar-refractivity contribution in [1.82, 2.24) is 0 Å². The highest BCUT2D eigenvalue weighted by Gasteiger charge is 2.49. The van der Waals surface area contributed by atoms with Crippen molar-refractivity contribution >= 4 is 16.1 Å². The monoisotopic (exact) mass is 312 g/mol. The first-order valence-electron chi connectivity index (χ1n) is 5.37. The summed E-state index contributed by atoms with van der Waals surface area (Å²) in [5, 5.41) is 8.84. The number of rotatable bonds is 4. The van der Waals surface area contributed by atoms with Crippen molar-refractivity contribution in [2.24, 2.45) is 0 Å². The number of aryl methyl sites for hydroxylation is 2. The molecule has 0 aliphatic rings. The second-order valence-electron chi connectivity index (χ2n) is 3.92. The number of aromatic carboxylic acids is 1. The number of benzene rings is 1. The molecule has 0 aliphatic carbocycles. The topological polar surface area (TPSA) is 80.7 Å². The minimum absolute atomic E-state index is 0.00502. The van der Waals surface area contributed by atoms with E-state index in [4.69, 9.17) is 5.11 Å². The van der Waals surface area contributed by atoms with Crippen LogP contribution in [0.25, 0.3) is 0 Å². The Morgan fingerprint density at radius 1 is 1.35 bits per heavy atom. The van der Waals surface area contributed by atoms with E-state index in [1.807, 2.05) is 0 Å². The molecule has 0 atom stereocenters. The van der Waals surface area contributed by atoms with Gasteiger partial charge in [0.2, 0.25) is 0 Å². The largest absolute Gasteiger partial charge is 0.534 e. The molecular weight excluding hydrogens is 301 g/mol. The zero-order valence-electron chi connectivity index (χ0n) is 10.5. The van der Waals surface area contributed by atoms with Gasteiger partial charge in [-0.25, -0.2) is 4.79 Å². The highest BCUT2D eigenvalue weighted by Crippen LogP contribution is 2.32. The Morgan fingerprint density at radius 2 is 1.90 bits per heavy atom. The quantitative estimate of drug-likeness (QED) is 0.682. The first kappa shape index (κ1) is 16.3. The van der Waals surface area contributed by atoms with Crippen LogP contribution in [0.3, 0.4) is 0 Å². The normalized spacial score (nSPS) is 12.2. The van der Waals surface area contributed by atoms with Crippen LogP contribution in [0.15, 0.2) is 12.1 Å². The van der Waals surface area contributed by atoms with Gasteiger partial charge in [0, 0.05) is 0 Å². The molecule has 20 heavy (non-hydrogen) atoms. The zero-order valence-corrected chi connectivity index (χ0v) is 11.3. The van der Waals surface area contributed by atoms with Crippen LogP contribution in [-0.4, -0.2) is 25.0 Å². The maximum atomic E-state index is 12.3. The van der Waals surface area contributed by atoms with E-state index < -0.39 is 27.3 Å². The van der Waals surface area contributed by atoms with Crippen LogP contribution < -0.4 is 4.18 Å². The predicted octanol–water partition coefficient (Wildman–Crippen LogP) is 2.48. The Morgan fingerprint density at radius 3 is 2.30 bits per heavy atom. The van der Waals surface area contributed by atoms with Gasteiger partial charge in [-0.15, -0.1) is 0 Å². The first-order chi connectivity index (χ1) is 8.99. The SMILES string of the molecule is CCc1cc(C(=O)O)cc(C)c1OS(=O)(=O)C(F)(F)F. The van der Waals surface area contributed by atoms with Gasteiger partial charge in [0.05, 0.1) is 5.56 Å². The summed E-state index contributed by atoms with van der Waals surface area (Å²) in [6, 6.07) is 2.12. The van der Waals surface area contributed by atoms with E-state index in [-0.39, 0.29) is 23.1 Å². The Labute approximate surface area is 113 Å². The average Bonchev–Trinajstić information content (AvgIpc) is 2.29. The summed E-state index contributed by atoms with van der Waals surface area (Å²) >= 11 is 0. The number of alkyl halides is 3. The van der Waals surface area contributed by atoms with Crippen molar-refractivity contribution in [3.05, 3.63) is 28.8 Å². The third-order valence-electron chi connectivity index (χ3n) is 2.46. The molecule has 0 aliphatic heterocycles. The van der Waals surface area contributed by atoms with E-state index in [1.165, 1.54) is 13.8 Å². The Hall–Kier alpha value is -1.77. The molecule has 0 radical (unpaired) electrons. The van der Waals surface area contributed by atoms with E-state index in [0.717, 1.165) is 12.1 Å². The minimum Gasteiger partial charge on any atom is -0.478 e. The summed E-state index contributed by atoms with van der Waals surface area (Å²) in [6.45, 7) is 2.81. The van der Waals surface area contributed by atoms with Crippen molar-refractivity contribution in [3.8, 4) is 5.75 Å². The van der Waals surface area contributed by atoms with Gasteiger partial charge >= 0.3 is 21.6 Å². The zero-order chi connectivity index (χ0) is 15.7. The number of halogens is 3. The third kappa shape index (κ3) is 3.21. The van der Waals surface area contributed by atoms with Gasteiger partial charge in [-0.05, 0) is 36.6 Å². The molecule has 0 bridgehead atoms. The molecule has 112 valence electrons. The second kappa shape index (κ2) is 5.31. The predicted molar refractivity (Wildman–Crippen MR) is 63.1 cm³/mol. The molecule has 9 heteroatoms. The van der Waals surface area contributed by atoms with Crippen molar-refractivity contribution in [3.63, 3.8) is 0 Å². The molecule has 0 spiro atoms. The highest BCUT2D eigenvalue weighted by molar-refractivity contribution is 7.88. The van der Waals surface area contributed by atoms with Gasteiger partial charge in [0.25, 0.3) is 0 Å². The van der Waals surface area contributed by atoms with Gasteiger partial charge in [-0.1, -0.05) is 6.92 Å². The van der Waals surface area contributed by atoms with Crippen LogP contribution in [-0.2, 0) is 16.5 Å². The van der Waals surface area contributed by atoms with Crippen LogP contribution in [0.2, 0.25) is 0 Å². The lowest BCUT2D eigenvalue weighted by Gasteiger charge is -2.15.